The Morgan fingerprint density at radius 3 is 3.30 bits per heavy atom. The van der Waals surface area contributed by atoms with E-state index in [2.05, 4.69) is 25.4 Å². The third-order valence-corrected chi connectivity index (χ3v) is 4.22. The van der Waals surface area contributed by atoms with Gasteiger partial charge in [0.15, 0.2) is 5.82 Å². The molecule has 1 atom stereocenters. The molecule has 0 unspecified atom stereocenters. The Hall–Kier alpha value is -2.70. The van der Waals surface area contributed by atoms with Crippen LogP contribution in [0, 0.1) is 0 Å². The second-order valence-electron chi connectivity index (χ2n) is 5.73. The van der Waals surface area contributed by atoms with E-state index in [-0.39, 0.29) is 11.9 Å². The predicted molar refractivity (Wildman–Crippen MR) is 84.9 cm³/mol. The minimum Gasteiger partial charge on any atom is -0.359 e. The van der Waals surface area contributed by atoms with Crippen LogP contribution in [0.2, 0.25) is 0 Å². The molecule has 4 rings (SSSR count). The first-order valence-electron chi connectivity index (χ1n) is 7.93. The zero-order chi connectivity index (χ0) is 15.8. The van der Waals surface area contributed by atoms with E-state index in [0.29, 0.717) is 11.1 Å². The number of fused-ring (bicyclic) bond motifs is 2. The van der Waals surface area contributed by atoms with Crippen molar-refractivity contribution in [2.24, 2.45) is 0 Å². The highest BCUT2D eigenvalue weighted by atomic mass is 16.1. The van der Waals surface area contributed by atoms with Crippen molar-refractivity contribution in [2.75, 3.05) is 0 Å². The van der Waals surface area contributed by atoms with Crippen LogP contribution >= 0.6 is 0 Å². The quantitative estimate of drug-likeness (QED) is 0.774. The van der Waals surface area contributed by atoms with Gasteiger partial charge in [-0.3, -0.25) is 9.78 Å². The summed E-state index contributed by atoms with van der Waals surface area (Å²) >= 11 is 0. The van der Waals surface area contributed by atoms with Crippen molar-refractivity contribution in [1.29, 1.82) is 0 Å². The number of pyridine rings is 1. The number of nitrogens with zero attached hydrogens (tertiary/aromatic N) is 4. The van der Waals surface area contributed by atoms with Crippen LogP contribution in [0.3, 0.4) is 0 Å². The lowest BCUT2D eigenvalue weighted by atomic mass is 10.1. The summed E-state index contributed by atoms with van der Waals surface area (Å²) in [5.74, 6) is 1.55. The molecule has 2 N–H and O–H groups in total. The van der Waals surface area contributed by atoms with Crippen molar-refractivity contribution < 1.29 is 4.79 Å². The van der Waals surface area contributed by atoms with Crippen molar-refractivity contribution in [3.63, 3.8) is 0 Å². The molecule has 0 spiro atoms. The van der Waals surface area contributed by atoms with Gasteiger partial charge in [0.25, 0.3) is 5.91 Å². The number of amides is 1. The zero-order valence-corrected chi connectivity index (χ0v) is 12.9. The number of aromatic nitrogens is 5. The Kier molecular flexibility index (Phi) is 3.33. The molecule has 118 valence electrons. The van der Waals surface area contributed by atoms with E-state index in [1.807, 2.05) is 23.7 Å². The fourth-order valence-corrected chi connectivity index (χ4v) is 3.05. The SMILES string of the molecule is CCc1nc2n(n1)CCC[C@H]2NC(=O)c1c[nH]c2cccnc12. The minimum absolute atomic E-state index is 0.0993. The second-order valence-corrected chi connectivity index (χ2v) is 5.73. The van der Waals surface area contributed by atoms with E-state index in [9.17, 15) is 4.79 Å². The minimum atomic E-state index is -0.130. The van der Waals surface area contributed by atoms with Crippen LogP contribution in [-0.4, -0.2) is 30.6 Å². The van der Waals surface area contributed by atoms with Crippen molar-refractivity contribution >= 4 is 16.9 Å². The van der Waals surface area contributed by atoms with Gasteiger partial charge in [0.2, 0.25) is 0 Å². The molecule has 23 heavy (non-hydrogen) atoms. The number of nitrogens with one attached hydrogen (secondary N) is 2. The average Bonchev–Trinajstić information content (AvgIpc) is 3.19. The number of rotatable bonds is 3. The van der Waals surface area contributed by atoms with E-state index in [0.717, 1.165) is 43.0 Å². The topological polar surface area (TPSA) is 88.5 Å². The van der Waals surface area contributed by atoms with Crippen molar-refractivity contribution in [3.05, 3.63) is 41.7 Å². The molecule has 4 heterocycles. The molecule has 7 heteroatoms. The maximum Gasteiger partial charge on any atom is 0.255 e. The van der Waals surface area contributed by atoms with E-state index < -0.39 is 0 Å². The number of hydrogen-bond donors (Lipinski definition) is 2. The molecule has 0 saturated carbocycles. The highest BCUT2D eigenvalue weighted by Gasteiger charge is 2.26. The van der Waals surface area contributed by atoms with Crippen molar-refractivity contribution in [2.45, 2.75) is 38.8 Å². The van der Waals surface area contributed by atoms with Crippen LogP contribution in [0.15, 0.2) is 24.5 Å². The standard InChI is InChI=1S/C16H18N6O/c1-2-13-20-15-12(6-4-8-22(15)21-13)19-16(23)10-9-18-11-5-3-7-17-14(10)11/h3,5,7,9,12,18H,2,4,6,8H2,1H3,(H,19,23)/t12-/m1/s1. The maximum absolute atomic E-state index is 12.6. The van der Waals surface area contributed by atoms with Gasteiger partial charge < -0.3 is 10.3 Å². The highest BCUT2D eigenvalue weighted by molar-refractivity contribution is 6.05. The van der Waals surface area contributed by atoms with Crippen LogP contribution in [-0.2, 0) is 13.0 Å². The molecule has 3 aromatic heterocycles. The molecule has 1 amide bonds. The zero-order valence-electron chi connectivity index (χ0n) is 12.9. The van der Waals surface area contributed by atoms with E-state index >= 15 is 0 Å². The van der Waals surface area contributed by atoms with Crippen molar-refractivity contribution in [1.82, 2.24) is 30.0 Å². The lowest BCUT2D eigenvalue weighted by molar-refractivity contribution is 0.0929. The molecule has 7 nitrogen and oxygen atoms in total. The third kappa shape index (κ3) is 2.38. The number of H-pyrrole nitrogens is 1. The molecule has 3 aromatic rings. The van der Waals surface area contributed by atoms with Crippen LogP contribution in [0.1, 0.15) is 47.8 Å². The molecule has 0 fully saturated rings. The number of carbonyl (C=O) groups excluding carboxylic acids is 1. The van der Waals surface area contributed by atoms with Gasteiger partial charge in [-0.1, -0.05) is 6.92 Å². The van der Waals surface area contributed by atoms with Gasteiger partial charge in [0.05, 0.1) is 17.1 Å². The molecule has 0 saturated heterocycles. The fraction of sp³-hybridized carbons (Fsp3) is 0.375. The van der Waals surface area contributed by atoms with Gasteiger partial charge in [0, 0.05) is 25.4 Å². The van der Waals surface area contributed by atoms with Gasteiger partial charge >= 0.3 is 0 Å². The highest BCUT2D eigenvalue weighted by Crippen LogP contribution is 2.24. The van der Waals surface area contributed by atoms with Crippen LogP contribution in [0.4, 0.5) is 0 Å². The molecule has 0 aliphatic carbocycles. The summed E-state index contributed by atoms with van der Waals surface area (Å²) < 4.78 is 1.92. The number of hydrogen-bond acceptors (Lipinski definition) is 4. The van der Waals surface area contributed by atoms with Gasteiger partial charge in [0.1, 0.15) is 11.3 Å². The molecule has 0 bridgehead atoms. The fourth-order valence-electron chi connectivity index (χ4n) is 3.05. The Balaban J connectivity index is 1.61. The summed E-state index contributed by atoms with van der Waals surface area (Å²) in [4.78, 5) is 24.6. The molecule has 0 radical (unpaired) electrons. The monoisotopic (exact) mass is 310 g/mol. The summed E-state index contributed by atoms with van der Waals surface area (Å²) in [5, 5.41) is 7.56. The average molecular weight is 310 g/mol. The second kappa shape index (κ2) is 5.49. The van der Waals surface area contributed by atoms with Gasteiger partial charge in [-0.05, 0) is 25.0 Å². The van der Waals surface area contributed by atoms with E-state index in [1.165, 1.54) is 0 Å². The number of aromatic amines is 1. The first-order valence-corrected chi connectivity index (χ1v) is 7.93. The lowest BCUT2D eigenvalue weighted by Crippen LogP contribution is -2.33. The van der Waals surface area contributed by atoms with Gasteiger partial charge in [-0.2, -0.15) is 5.10 Å². The summed E-state index contributed by atoms with van der Waals surface area (Å²) in [7, 11) is 0. The molecule has 1 aliphatic heterocycles. The summed E-state index contributed by atoms with van der Waals surface area (Å²) in [6, 6.07) is 3.65. The molecule has 1 aliphatic rings. The van der Waals surface area contributed by atoms with Gasteiger partial charge in [-0.15, -0.1) is 0 Å². The molecular weight excluding hydrogens is 292 g/mol. The van der Waals surface area contributed by atoms with E-state index in [4.69, 9.17) is 0 Å². The van der Waals surface area contributed by atoms with Crippen LogP contribution < -0.4 is 5.32 Å². The Morgan fingerprint density at radius 2 is 2.43 bits per heavy atom. The van der Waals surface area contributed by atoms with Crippen LogP contribution in [0.5, 0.6) is 0 Å². The summed E-state index contributed by atoms with van der Waals surface area (Å²) in [5.41, 5.74) is 2.11. The first-order chi connectivity index (χ1) is 11.3. The summed E-state index contributed by atoms with van der Waals surface area (Å²) in [6.07, 6.45) is 6.06. The number of aryl methyl sites for hydroxylation is 2. The molecular formula is C16H18N6O. The maximum atomic E-state index is 12.6. The smallest absolute Gasteiger partial charge is 0.255 e. The first kappa shape index (κ1) is 13.9. The number of carbonyl (C=O) groups is 1. The lowest BCUT2D eigenvalue weighted by Gasteiger charge is -2.22. The van der Waals surface area contributed by atoms with Gasteiger partial charge in [-0.25, -0.2) is 9.67 Å². The predicted octanol–water partition coefficient (Wildman–Crippen LogP) is 1.98. The van der Waals surface area contributed by atoms with E-state index in [1.54, 1.807) is 12.4 Å². The Labute approximate surface area is 133 Å². The largest absolute Gasteiger partial charge is 0.359 e. The Morgan fingerprint density at radius 1 is 1.52 bits per heavy atom. The Bertz CT molecular complexity index is 864. The third-order valence-electron chi connectivity index (χ3n) is 4.22. The normalized spacial score (nSPS) is 17.2. The molecule has 0 aromatic carbocycles. The summed E-state index contributed by atoms with van der Waals surface area (Å²) in [6.45, 7) is 2.90. The van der Waals surface area contributed by atoms with Crippen molar-refractivity contribution in [3.8, 4) is 0 Å². The van der Waals surface area contributed by atoms with Crippen LogP contribution in [0.25, 0.3) is 11.0 Å².